The van der Waals surface area contributed by atoms with Gasteiger partial charge in [0.2, 0.25) is 0 Å². The van der Waals surface area contributed by atoms with Crippen LogP contribution in [0, 0.1) is 0 Å². The van der Waals surface area contributed by atoms with Gasteiger partial charge in [0.1, 0.15) is 5.75 Å². The van der Waals surface area contributed by atoms with Crippen molar-refractivity contribution in [1.82, 2.24) is 0 Å². The molecule has 1 aliphatic rings. The summed E-state index contributed by atoms with van der Waals surface area (Å²) in [5, 5.41) is 0. The van der Waals surface area contributed by atoms with Gasteiger partial charge >= 0.3 is 5.97 Å². The Balaban J connectivity index is 2.01. The van der Waals surface area contributed by atoms with Crippen molar-refractivity contribution in [2.24, 2.45) is 0 Å². The minimum absolute atomic E-state index is 0.0905. The molecule has 0 saturated carbocycles. The van der Waals surface area contributed by atoms with Crippen LogP contribution < -0.4 is 15.4 Å². The van der Waals surface area contributed by atoms with Crippen molar-refractivity contribution in [2.45, 2.75) is 39.2 Å². The predicted molar refractivity (Wildman–Crippen MR) is 83.6 cm³/mol. The van der Waals surface area contributed by atoms with Crippen molar-refractivity contribution < 1.29 is 14.3 Å². The van der Waals surface area contributed by atoms with E-state index in [1.165, 1.54) is 19.3 Å². The first-order valence-electron chi connectivity index (χ1n) is 7.56. The molecular weight excluding hydrogens is 268 g/mol. The van der Waals surface area contributed by atoms with Crippen molar-refractivity contribution in [3.05, 3.63) is 18.2 Å². The van der Waals surface area contributed by atoms with Crippen LogP contribution in [0.3, 0.4) is 0 Å². The molecule has 1 aromatic rings. The SMILES string of the molecule is CCOC(=O)COc1ccc(N2CCCCC2C)c(N)c1. The van der Waals surface area contributed by atoms with Gasteiger partial charge in [-0.15, -0.1) is 0 Å². The standard InChI is InChI=1S/C16H24N2O3/c1-3-20-16(19)11-21-13-7-8-15(14(17)10-13)18-9-5-4-6-12(18)2/h7-8,10,12H,3-6,9,11,17H2,1-2H3. The molecule has 1 fully saturated rings. The van der Waals surface area contributed by atoms with E-state index in [1.54, 1.807) is 13.0 Å². The normalized spacial score (nSPS) is 18.4. The Morgan fingerprint density at radius 3 is 2.90 bits per heavy atom. The van der Waals surface area contributed by atoms with Crippen LogP contribution >= 0.6 is 0 Å². The molecule has 5 nitrogen and oxygen atoms in total. The average molecular weight is 292 g/mol. The highest BCUT2D eigenvalue weighted by atomic mass is 16.6. The number of rotatable bonds is 5. The molecule has 2 N–H and O–H groups in total. The Labute approximate surface area is 126 Å². The molecule has 1 atom stereocenters. The maximum absolute atomic E-state index is 11.3. The Morgan fingerprint density at radius 2 is 2.24 bits per heavy atom. The third-order valence-electron chi connectivity index (χ3n) is 3.77. The van der Waals surface area contributed by atoms with Gasteiger partial charge in [-0.05, 0) is 45.2 Å². The van der Waals surface area contributed by atoms with Crippen molar-refractivity contribution in [2.75, 3.05) is 30.4 Å². The number of anilines is 2. The van der Waals surface area contributed by atoms with E-state index in [0.29, 0.717) is 24.1 Å². The Bertz CT molecular complexity index is 490. The molecule has 0 aliphatic carbocycles. The fourth-order valence-electron chi connectivity index (χ4n) is 2.68. The zero-order valence-electron chi connectivity index (χ0n) is 12.8. The summed E-state index contributed by atoms with van der Waals surface area (Å²) in [7, 11) is 0. The number of nitrogens with two attached hydrogens (primary N) is 1. The van der Waals surface area contributed by atoms with Gasteiger partial charge in [-0.3, -0.25) is 0 Å². The van der Waals surface area contributed by atoms with E-state index >= 15 is 0 Å². The van der Waals surface area contributed by atoms with Gasteiger partial charge in [-0.1, -0.05) is 0 Å². The molecule has 0 amide bonds. The number of carbonyl (C=O) groups is 1. The average Bonchev–Trinajstić information content (AvgIpc) is 2.47. The zero-order valence-corrected chi connectivity index (χ0v) is 12.8. The summed E-state index contributed by atoms with van der Waals surface area (Å²) in [4.78, 5) is 13.6. The lowest BCUT2D eigenvalue weighted by Crippen LogP contribution is -2.37. The lowest BCUT2D eigenvalue weighted by atomic mass is 10.0. The minimum atomic E-state index is -0.371. The molecule has 1 saturated heterocycles. The molecule has 1 unspecified atom stereocenters. The molecule has 2 rings (SSSR count). The number of nitrogen functional groups attached to an aromatic ring is 1. The van der Waals surface area contributed by atoms with Gasteiger partial charge in [0.15, 0.2) is 6.61 Å². The van der Waals surface area contributed by atoms with Gasteiger partial charge in [-0.25, -0.2) is 4.79 Å². The highest BCUT2D eigenvalue weighted by molar-refractivity contribution is 5.72. The summed E-state index contributed by atoms with van der Waals surface area (Å²) < 4.78 is 10.2. The van der Waals surface area contributed by atoms with Gasteiger partial charge < -0.3 is 20.1 Å². The summed E-state index contributed by atoms with van der Waals surface area (Å²) in [5.41, 5.74) is 7.87. The molecule has 0 radical (unpaired) electrons. The van der Waals surface area contributed by atoms with Gasteiger partial charge in [0.25, 0.3) is 0 Å². The predicted octanol–water partition coefficient (Wildman–Crippen LogP) is 2.59. The second kappa shape index (κ2) is 7.20. The number of hydrogen-bond donors (Lipinski definition) is 1. The first-order valence-corrected chi connectivity index (χ1v) is 7.56. The Morgan fingerprint density at radius 1 is 1.43 bits per heavy atom. The van der Waals surface area contributed by atoms with E-state index in [1.807, 2.05) is 12.1 Å². The zero-order chi connectivity index (χ0) is 15.2. The second-order valence-corrected chi connectivity index (χ2v) is 5.35. The summed E-state index contributed by atoms with van der Waals surface area (Å²) in [6.07, 6.45) is 3.67. The Hall–Kier alpha value is -1.91. The molecule has 21 heavy (non-hydrogen) atoms. The summed E-state index contributed by atoms with van der Waals surface area (Å²) in [6.45, 7) is 5.30. The van der Waals surface area contributed by atoms with Gasteiger partial charge in [0.05, 0.1) is 18.0 Å². The van der Waals surface area contributed by atoms with Crippen LogP contribution in [0.15, 0.2) is 18.2 Å². The fourth-order valence-corrected chi connectivity index (χ4v) is 2.68. The largest absolute Gasteiger partial charge is 0.482 e. The third-order valence-corrected chi connectivity index (χ3v) is 3.77. The van der Waals surface area contributed by atoms with Crippen LogP contribution in [0.5, 0.6) is 5.75 Å². The number of ether oxygens (including phenoxy) is 2. The van der Waals surface area contributed by atoms with Crippen molar-refractivity contribution >= 4 is 17.3 Å². The molecule has 1 aromatic carbocycles. The lowest BCUT2D eigenvalue weighted by molar-refractivity contribution is -0.145. The molecular formula is C16H24N2O3. The van der Waals surface area contributed by atoms with Gasteiger partial charge in [-0.2, -0.15) is 0 Å². The van der Waals surface area contributed by atoms with Crippen LogP contribution in [0.4, 0.5) is 11.4 Å². The maximum atomic E-state index is 11.3. The number of piperidine rings is 1. The molecule has 0 aromatic heterocycles. The fraction of sp³-hybridized carbons (Fsp3) is 0.562. The van der Waals surface area contributed by atoms with Crippen LogP contribution in [-0.4, -0.2) is 31.8 Å². The van der Waals surface area contributed by atoms with Crippen LogP contribution in [0.1, 0.15) is 33.1 Å². The van der Waals surface area contributed by atoms with E-state index in [2.05, 4.69) is 11.8 Å². The number of benzene rings is 1. The monoisotopic (exact) mass is 292 g/mol. The summed E-state index contributed by atoms with van der Waals surface area (Å²) in [5.74, 6) is 0.221. The highest BCUT2D eigenvalue weighted by Gasteiger charge is 2.20. The molecule has 5 heteroatoms. The molecule has 0 spiro atoms. The Kier molecular flexibility index (Phi) is 5.31. The van der Waals surface area contributed by atoms with Crippen molar-refractivity contribution in [1.29, 1.82) is 0 Å². The van der Waals surface area contributed by atoms with E-state index in [0.717, 1.165) is 12.2 Å². The maximum Gasteiger partial charge on any atom is 0.344 e. The highest BCUT2D eigenvalue weighted by Crippen LogP contribution is 2.32. The molecule has 1 aliphatic heterocycles. The molecule has 0 bridgehead atoms. The summed E-state index contributed by atoms with van der Waals surface area (Å²) >= 11 is 0. The number of hydrogen-bond acceptors (Lipinski definition) is 5. The van der Waals surface area contributed by atoms with E-state index in [-0.39, 0.29) is 12.6 Å². The van der Waals surface area contributed by atoms with Crippen LogP contribution in [-0.2, 0) is 9.53 Å². The number of nitrogens with zero attached hydrogens (tertiary/aromatic N) is 1. The van der Waals surface area contributed by atoms with E-state index in [4.69, 9.17) is 15.2 Å². The quantitative estimate of drug-likeness (QED) is 0.667. The number of esters is 1. The van der Waals surface area contributed by atoms with E-state index < -0.39 is 0 Å². The first-order chi connectivity index (χ1) is 10.1. The molecule has 116 valence electrons. The second-order valence-electron chi connectivity index (χ2n) is 5.35. The lowest BCUT2D eigenvalue weighted by Gasteiger charge is -2.36. The topological polar surface area (TPSA) is 64.8 Å². The van der Waals surface area contributed by atoms with Crippen molar-refractivity contribution in [3.8, 4) is 5.75 Å². The molecule has 1 heterocycles. The van der Waals surface area contributed by atoms with Crippen molar-refractivity contribution in [3.63, 3.8) is 0 Å². The first kappa shape index (κ1) is 15.5. The summed E-state index contributed by atoms with van der Waals surface area (Å²) in [6, 6.07) is 6.10. The number of carbonyl (C=O) groups excluding carboxylic acids is 1. The van der Waals surface area contributed by atoms with Crippen LogP contribution in [0.2, 0.25) is 0 Å². The van der Waals surface area contributed by atoms with Gasteiger partial charge in [0, 0.05) is 18.7 Å². The van der Waals surface area contributed by atoms with Crippen LogP contribution in [0.25, 0.3) is 0 Å². The smallest absolute Gasteiger partial charge is 0.344 e. The third kappa shape index (κ3) is 4.03. The van der Waals surface area contributed by atoms with E-state index in [9.17, 15) is 4.79 Å². The minimum Gasteiger partial charge on any atom is -0.482 e.